The minimum Gasteiger partial charge on any atom is -0.384 e. The summed E-state index contributed by atoms with van der Waals surface area (Å²) < 4.78 is 0. The van der Waals surface area contributed by atoms with Gasteiger partial charge in [0.15, 0.2) is 0 Å². The Morgan fingerprint density at radius 3 is 1.68 bits per heavy atom. The van der Waals surface area contributed by atoms with Crippen LogP contribution in [0, 0.1) is 47.9 Å². The summed E-state index contributed by atoms with van der Waals surface area (Å²) in [6.45, 7) is -0.203. The van der Waals surface area contributed by atoms with Crippen molar-refractivity contribution in [2.45, 2.75) is 115 Å². The highest BCUT2D eigenvalue weighted by molar-refractivity contribution is 5.36. The van der Waals surface area contributed by atoms with E-state index < -0.39 is 12.2 Å². The van der Waals surface area contributed by atoms with Crippen LogP contribution < -0.4 is 0 Å². The van der Waals surface area contributed by atoms with Crippen molar-refractivity contribution < 1.29 is 15.3 Å². The number of allylic oxidation sites excluding steroid dienone is 3. The lowest BCUT2D eigenvalue weighted by molar-refractivity contribution is 0.217. The molecule has 0 aromatic heterocycles. The van der Waals surface area contributed by atoms with Crippen LogP contribution in [0.5, 0.6) is 0 Å². The van der Waals surface area contributed by atoms with Gasteiger partial charge in [-0.2, -0.15) is 0 Å². The first-order valence-electron chi connectivity index (χ1n) is 12.9. The number of hydrogen-bond acceptors (Lipinski definition) is 3. The van der Waals surface area contributed by atoms with Gasteiger partial charge >= 0.3 is 0 Å². The van der Waals surface area contributed by atoms with E-state index in [-0.39, 0.29) is 6.61 Å². The van der Waals surface area contributed by atoms with Crippen LogP contribution >= 0.6 is 0 Å². The van der Waals surface area contributed by atoms with E-state index in [9.17, 15) is 10.2 Å². The van der Waals surface area contributed by atoms with E-state index in [1.54, 1.807) is 6.08 Å². The van der Waals surface area contributed by atoms with Crippen molar-refractivity contribution in [1.29, 1.82) is 0 Å². The van der Waals surface area contributed by atoms with Gasteiger partial charge in [0.05, 0.1) is 0 Å². The zero-order valence-electron chi connectivity index (χ0n) is 20.9. The Morgan fingerprint density at radius 2 is 1.12 bits per heavy atom. The fraction of sp³-hybridized carbons (Fsp3) is 0.613. The Balaban J connectivity index is 3.37. The largest absolute Gasteiger partial charge is 0.384 e. The first-order valence-corrected chi connectivity index (χ1v) is 12.9. The Bertz CT molecular complexity index is 752. The normalized spacial score (nSPS) is 12.2. The lowest BCUT2D eigenvalue weighted by Gasteiger charge is -2.03. The van der Waals surface area contributed by atoms with Crippen molar-refractivity contribution in [3.8, 4) is 47.9 Å². The van der Waals surface area contributed by atoms with Crippen LogP contribution in [0.4, 0.5) is 0 Å². The second-order valence-electron chi connectivity index (χ2n) is 8.40. The van der Waals surface area contributed by atoms with Crippen molar-refractivity contribution in [1.82, 2.24) is 0 Å². The number of unbranched alkanes of at least 4 members (excludes halogenated alkanes) is 13. The highest BCUT2D eigenvalue weighted by Gasteiger charge is 1.98. The highest BCUT2D eigenvalue weighted by atomic mass is 16.3. The second kappa shape index (κ2) is 26.8. The van der Waals surface area contributed by atoms with Crippen molar-refractivity contribution in [3.63, 3.8) is 0 Å². The smallest absolute Gasteiger partial charge is 0.133 e. The molecule has 0 saturated carbocycles. The summed E-state index contributed by atoms with van der Waals surface area (Å²) in [6, 6.07) is 0. The van der Waals surface area contributed by atoms with E-state index in [0.29, 0.717) is 6.42 Å². The molecule has 0 spiro atoms. The molecule has 0 aromatic rings. The molecule has 0 saturated heterocycles. The predicted molar refractivity (Wildman–Crippen MR) is 143 cm³/mol. The minimum absolute atomic E-state index is 0.203. The molecule has 3 nitrogen and oxygen atoms in total. The number of aliphatic hydroxyl groups excluding tert-OH is 3. The molecule has 0 fully saturated rings. The lowest BCUT2D eigenvalue weighted by Crippen LogP contribution is -2.01. The number of hydrogen-bond donors (Lipinski definition) is 3. The third-order valence-electron chi connectivity index (χ3n) is 5.34. The first-order chi connectivity index (χ1) is 16.7. The SMILES string of the molecule is C#CC(O)C=CCCCCCCCCC=CCCCCCCCCC(O)C#CC#CC#CCO. The molecule has 0 aliphatic rings. The average molecular weight is 465 g/mol. The van der Waals surface area contributed by atoms with Crippen molar-refractivity contribution in [2.75, 3.05) is 6.61 Å². The van der Waals surface area contributed by atoms with E-state index >= 15 is 0 Å². The molecule has 2 atom stereocenters. The summed E-state index contributed by atoms with van der Waals surface area (Å²) >= 11 is 0. The van der Waals surface area contributed by atoms with Gasteiger partial charge in [0.25, 0.3) is 0 Å². The van der Waals surface area contributed by atoms with Crippen LogP contribution in [-0.4, -0.2) is 34.1 Å². The van der Waals surface area contributed by atoms with Gasteiger partial charge in [-0.3, -0.25) is 0 Å². The molecule has 2 unspecified atom stereocenters. The Labute approximate surface area is 209 Å². The fourth-order valence-corrected chi connectivity index (χ4v) is 3.39. The van der Waals surface area contributed by atoms with Gasteiger partial charge in [-0.05, 0) is 81.1 Å². The van der Waals surface area contributed by atoms with Crippen LogP contribution in [0.1, 0.15) is 103 Å². The van der Waals surface area contributed by atoms with E-state index in [2.05, 4.69) is 53.6 Å². The van der Waals surface area contributed by atoms with Crippen LogP contribution in [0.3, 0.4) is 0 Å². The zero-order chi connectivity index (χ0) is 25.0. The van der Waals surface area contributed by atoms with Gasteiger partial charge in [-0.1, -0.05) is 87.4 Å². The summed E-state index contributed by atoms with van der Waals surface area (Å²) in [5, 5.41) is 27.5. The molecule has 0 aliphatic carbocycles. The van der Waals surface area contributed by atoms with Crippen LogP contribution in [0.15, 0.2) is 24.3 Å². The molecule has 0 aliphatic heterocycles. The maximum Gasteiger partial charge on any atom is 0.133 e. The summed E-state index contributed by atoms with van der Waals surface area (Å²) in [7, 11) is 0. The monoisotopic (exact) mass is 464 g/mol. The maximum absolute atomic E-state index is 9.78. The Morgan fingerprint density at radius 1 is 0.618 bits per heavy atom. The number of rotatable bonds is 19. The highest BCUT2D eigenvalue weighted by Crippen LogP contribution is 2.12. The summed E-state index contributed by atoms with van der Waals surface area (Å²) in [4.78, 5) is 0. The first kappa shape index (κ1) is 31.6. The second-order valence-corrected chi connectivity index (χ2v) is 8.40. The summed E-state index contributed by atoms with van der Waals surface area (Å²) in [5.41, 5.74) is 0. The van der Waals surface area contributed by atoms with Gasteiger partial charge in [0.1, 0.15) is 18.8 Å². The average Bonchev–Trinajstić information content (AvgIpc) is 2.84. The van der Waals surface area contributed by atoms with Gasteiger partial charge in [-0.15, -0.1) is 6.42 Å². The zero-order valence-corrected chi connectivity index (χ0v) is 20.9. The molecule has 34 heavy (non-hydrogen) atoms. The third kappa shape index (κ3) is 25.9. The van der Waals surface area contributed by atoms with E-state index in [4.69, 9.17) is 11.5 Å². The molecule has 0 radical (unpaired) electrons. The molecule has 0 aromatic carbocycles. The molecule has 0 heterocycles. The van der Waals surface area contributed by atoms with Gasteiger partial charge < -0.3 is 15.3 Å². The molecule has 0 amide bonds. The van der Waals surface area contributed by atoms with E-state index in [1.807, 2.05) is 6.08 Å². The summed E-state index contributed by atoms with van der Waals surface area (Å²) in [5.74, 6) is 17.5. The van der Waals surface area contributed by atoms with Gasteiger partial charge in [-0.25, -0.2) is 0 Å². The predicted octanol–water partition coefficient (Wildman–Crippen LogP) is 5.70. The maximum atomic E-state index is 9.78. The van der Waals surface area contributed by atoms with E-state index in [0.717, 1.165) is 19.3 Å². The molecule has 186 valence electrons. The Hall–Kier alpha value is -2.40. The minimum atomic E-state index is -0.733. The standard InChI is InChI=1S/C31H44O3/c1-2-30(33)26-22-18-15-13-11-9-7-5-3-4-6-8-10-12-14-16-19-23-27-31(34)28-24-20-17-21-25-29-32/h1,4,6,22,26,30-34H,3,5,7-16,18-19,23,27,29H2. The third-order valence-corrected chi connectivity index (χ3v) is 5.34. The lowest BCUT2D eigenvalue weighted by atomic mass is 10.1. The van der Waals surface area contributed by atoms with Crippen molar-refractivity contribution >= 4 is 0 Å². The molecule has 0 bridgehead atoms. The van der Waals surface area contributed by atoms with Crippen LogP contribution in [0.2, 0.25) is 0 Å². The number of terminal acetylenes is 1. The fourth-order valence-electron chi connectivity index (χ4n) is 3.39. The molecule has 3 heteroatoms. The molecular weight excluding hydrogens is 420 g/mol. The Kier molecular flexibility index (Phi) is 25.0. The topological polar surface area (TPSA) is 60.7 Å². The van der Waals surface area contributed by atoms with Gasteiger partial charge in [0, 0.05) is 0 Å². The summed E-state index contributed by atoms with van der Waals surface area (Å²) in [6.07, 6.45) is 30.9. The quantitative estimate of drug-likeness (QED) is 0.131. The van der Waals surface area contributed by atoms with Crippen molar-refractivity contribution in [3.05, 3.63) is 24.3 Å². The molecule has 0 rings (SSSR count). The number of aliphatic hydroxyl groups is 3. The van der Waals surface area contributed by atoms with Crippen molar-refractivity contribution in [2.24, 2.45) is 0 Å². The molecular formula is C31H44O3. The molecule has 3 N–H and O–H groups in total. The van der Waals surface area contributed by atoms with Crippen LogP contribution in [0.25, 0.3) is 0 Å². The van der Waals surface area contributed by atoms with E-state index in [1.165, 1.54) is 77.0 Å². The van der Waals surface area contributed by atoms with Gasteiger partial charge in [0.2, 0.25) is 0 Å². The van der Waals surface area contributed by atoms with Crippen LogP contribution in [-0.2, 0) is 0 Å².